The third-order valence-electron chi connectivity index (χ3n) is 4.69. The van der Waals surface area contributed by atoms with Gasteiger partial charge >= 0.3 is 11.9 Å². The number of esters is 1. The fourth-order valence-electron chi connectivity index (χ4n) is 3.09. The van der Waals surface area contributed by atoms with E-state index in [4.69, 9.17) is 14.2 Å². The van der Waals surface area contributed by atoms with E-state index in [-0.39, 0.29) is 17.1 Å². The van der Waals surface area contributed by atoms with Gasteiger partial charge in [-0.05, 0) is 12.0 Å². The minimum atomic E-state index is -4.42. The molecule has 9 heteroatoms. The highest BCUT2D eigenvalue weighted by molar-refractivity contribution is 6.04. The van der Waals surface area contributed by atoms with Crippen molar-refractivity contribution < 1.29 is 42.8 Å². The van der Waals surface area contributed by atoms with Gasteiger partial charge in [0, 0.05) is 23.8 Å². The number of halogens is 2. The van der Waals surface area contributed by atoms with Crippen LogP contribution in [0.25, 0.3) is 10.8 Å². The number of alkyl halides is 2. The molecule has 1 N–H and O–H groups in total. The number of fused-ring (bicyclic) bond motifs is 1. The molecule has 0 saturated carbocycles. The summed E-state index contributed by atoms with van der Waals surface area (Å²) >= 11 is 0. The topological polar surface area (TPSA) is 105 Å². The van der Waals surface area contributed by atoms with Crippen LogP contribution in [0.1, 0.15) is 38.1 Å². The number of hydrogen-bond donors (Lipinski definition) is 1. The van der Waals surface area contributed by atoms with Crippen molar-refractivity contribution in [2.45, 2.75) is 46.0 Å². The first-order valence-corrected chi connectivity index (χ1v) is 9.66. The minimum absolute atomic E-state index is 0.0694. The van der Waals surface area contributed by atoms with E-state index in [9.17, 15) is 28.6 Å². The number of phenolic OH excluding ortho intramolecular Hbond substituents is 1. The zero-order valence-electron chi connectivity index (χ0n) is 17.8. The highest BCUT2D eigenvalue weighted by Crippen LogP contribution is 2.38. The van der Waals surface area contributed by atoms with Crippen LogP contribution in [0.4, 0.5) is 8.78 Å². The number of carboxylic acids is 1. The predicted molar refractivity (Wildman–Crippen MR) is 106 cm³/mol. The maximum Gasteiger partial charge on any atom is 0.342 e. The molecule has 0 aliphatic heterocycles. The molecule has 2 aromatic rings. The van der Waals surface area contributed by atoms with Gasteiger partial charge in [0.15, 0.2) is 6.10 Å². The third-order valence-corrected chi connectivity index (χ3v) is 4.69. The molecule has 0 spiro atoms. The number of phenols is 1. The SMILES string of the molecule is COC(Oc1cc(C(=O)OC(C(C)C)C(F)(F)C(=O)[O-])c(O)c2ccccc12)C(C)C. The van der Waals surface area contributed by atoms with Crippen LogP contribution in [0.5, 0.6) is 11.5 Å². The maximum atomic E-state index is 14.0. The molecule has 0 aromatic heterocycles. The summed E-state index contributed by atoms with van der Waals surface area (Å²) < 4.78 is 44.0. The third kappa shape index (κ3) is 5.04. The quantitative estimate of drug-likeness (QED) is 0.473. The lowest BCUT2D eigenvalue weighted by Crippen LogP contribution is -2.53. The van der Waals surface area contributed by atoms with E-state index in [1.807, 2.05) is 13.8 Å². The average Bonchev–Trinajstić information content (AvgIpc) is 2.70. The summed E-state index contributed by atoms with van der Waals surface area (Å²) in [6.45, 7) is 6.24. The number of hydrogen-bond acceptors (Lipinski definition) is 7. The minimum Gasteiger partial charge on any atom is -0.544 e. The largest absolute Gasteiger partial charge is 0.544 e. The second kappa shape index (κ2) is 9.47. The lowest BCUT2D eigenvalue weighted by Gasteiger charge is -2.30. The van der Waals surface area contributed by atoms with Crippen molar-refractivity contribution in [1.29, 1.82) is 0 Å². The van der Waals surface area contributed by atoms with Gasteiger partial charge in [-0.2, -0.15) is 8.78 Å². The molecule has 0 aliphatic rings. The molecule has 2 aromatic carbocycles. The van der Waals surface area contributed by atoms with Crippen molar-refractivity contribution in [3.05, 3.63) is 35.9 Å². The van der Waals surface area contributed by atoms with Crippen LogP contribution in [-0.4, -0.2) is 42.5 Å². The Kier molecular flexibility index (Phi) is 7.43. The van der Waals surface area contributed by atoms with Crippen molar-refractivity contribution in [2.75, 3.05) is 7.11 Å². The molecule has 0 radical (unpaired) electrons. The first kappa shape index (κ1) is 24.3. The number of aliphatic carboxylic acids is 1. The highest BCUT2D eigenvalue weighted by atomic mass is 19.3. The first-order valence-electron chi connectivity index (χ1n) is 9.66. The molecule has 2 atom stereocenters. The Labute approximate surface area is 178 Å². The number of carboxylic acid groups (broad SMARTS) is 1. The molecule has 31 heavy (non-hydrogen) atoms. The van der Waals surface area contributed by atoms with Crippen LogP contribution in [0, 0.1) is 11.8 Å². The van der Waals surface area contributed by atoms with E-state index >= 15 is 0 Å². The number of carbonyl (C=O) groups excluding carboxylic acids is 2. The molecular formula is C22H25F2O7-. The second-order valence-electron chi connectivity index (χ2n) is 7.76. The maximum absolute atomic E-state index is 14.0. The summed E-state index contributed by atoms with van der Waals surface area (Å²) in [5, 5.41) is 22.1. The zero-order chi connectivity index (χ0) is 23.5. The number of carbonyl (C=O) groups is 2. The zero-order valence-corrected chi connectivity index (χ0v) is 17.8. The molecule has 170 valence electrons. The Morgan fingerprint density at radius 1 is 1.06 bits per heavy atom. The number of aromatic hydroxyl groups is 1. The molecule has 7 nitrogen and oxygen atoms in total. The van der Waals surface area contributed by atoms with Crippen LogP contribution in [0.2, 0.25) is 0 Å². The van der Waals surface area contributed by atoms with Crippen molar-refractivity contribution in [1.82, 2.24) is 0 Å². The van der Waals surface area contributed by atoms with Gasteiger partial charge in [0.25, 0.3) is 0 Å². The van der Waals surface area contributed by atoms with Crippen molar-refractivity contribution in [3.8, 4) is 11.5 Å². The van der Waals surface area contributed by atoms with Gasteiger partial charge in [0.2, 0.25) is 6.29 Å². The van der Waals surface area contributed by atoms with E-state index in [0.29, 0.717) is 5.39 Å². The van der Waals surface area contributed by atoms with Crippen LogP contribution < -0.4 is 9.84 Å². The Morgan fingerprint density at radius 3 is 2.13 bits per heavy atom. The molecule has 2 rings (SSSR count). The van der Waals surface area contributed by atoms with Gasteiger partial charge < -0.3 is 29.2 Å². The summed E-state index contributed by atoms with van der Waals surface area (Å²) in [5.41, 5.74) is -0.452. The number of rotatable bonds is 9. The molecular weight excluding hydrogens is 414 g/mol. The lowest BCUT2D eigenvalue weighted by molar-refractivity contribution is -0.337. The van der Waals surface area contributed by atoms with Gasteiger partial charge in [-0.3, -0.25) is 0 Å². The van der Waals surface area contributed by atoms with Crippen LogP contribution in [0.3, 0.4) is 0 Å². The summed E-state index contributed by atoms with van der Waals surface area (Å²) in [7, 11) is 1.44. The summed E-state index contributed by atoms with van der Waals surface area (Å²) in [5.74, 6) is -9.88. The number of benzene rings is 2. The van der Waals surface area contributed by atoms with E-state index in [1.165, 1.54) is 27.0 Å². The smallest absolute Gasteiger partial charge is 0.342 e. The lowest BCUT2D eigenvalue weighted by atomic mass is 10.00. The van der Waals surface area contributed by atoms with Gasteiger partial charge in [0.05, 0.1) is 0 Å². The van der Waals surface area contributed by atoms with Gasteiger partial charge in [-0.1, -0.05) is 52.0 Å². The Morgan fingerprint density at radius 2 is 1.65 bits per heavy atom. The number of methoxy groups -OCH3 is 1. The van der Waals surface area contributed by atoms with E-state index in [0.717, 1.165) is 6.07 Å². The van der Waals surface area contributed by atoms with E-state index < -0.39 is 47.5 Å². The highest BCUT2D eigenvalue weighted by Gasteiger charge is 2.46. The second-order valence-corrected chi connectivity index (χ2v) is 7.76. The van der Waals surface area contributed by atoms with E-state index in [1.54, 1.807) is 18.2 Å². The first-order chi connectivity index (χ1) is 14.4. The molecule has 0 amide bonds. The molecule has 0 aliphatic carbocycles. The van der Waals surface area contributed by atoms with E-state index in [2.05, 4.69) is 0 Å². The van der Waals surface area contributed by atoms with Crippen LogP contribution in [0.15, 0.2) is 30.3 Å². The fraction of sp³-hybridized carbons (Fsp3) is 0.455. The molecule has 0 heterocycles. The van der Waals surface area contributed by atoms with Gasteiger partial charge in [0.1, 0.15) is 23.0 Å². The Hall–Kier alpha value is -2.94. The van der Waals surface area contributed by atoms with Crippen LogP contribution >= 0.6 is 0 Å². The van der Waals surface area contributed by atoms with Gasteiger partial charge in [-0.25, -0.2) is 4.79 Å². The standard InChI is InChI=1S/C22H26F2O7/c1-11(2)18(22(23,24)21(27)28)31-19(26)15-10-16(30-20(29-5)12(3)4)13-8-6-7-9-14(13)17(15)25/h6-12,18,20,25H,1-5H3,(H,27,28)/p-1. The summed E-state index contributed by atoms with van der Waals surface area (Å²) in [6, 6.07) is 7.62. The van der Waals surface area contributed by atoms with Crippen LogP contribution in [-0.2, 0) is 14.3 Å². The fourth-order valence-corrected chi connectivity index (χ4v) is 3.09. The average molecular weight is 439 g/mol. The molecule has 2 unspecified atom stereocenters. The predicted octanol–water partition coefficient (Wildman–Crippen LogP) is 3.12. The van der Waals surface area contributed by atoms with Gasteiger partial charge in [-0.15, -0.1) is 0 Å². The molecule has 0 bridgehead atoms. The van der Waals surface area contributed by atoms with Crippen molar-refractivity contribution in [2.24, 2.45) is 11.8 Å². The Balaban J connectivity index is 2.55. The Bertz CT molecular complexity index is 956. The number of ether oxygens (including phenoxy) is 3. The summed E-state index contributed by atoms with van der Waals surface area (Å²) in [6.07, 6.45) is -3.00. The monoisotopic (exact) mass is 439 g/mol. The normalized spacial score (nSPS) is 14.0. The molecule has 0 fully saturated rings. The van der Waals surface area contributed by atoms with Crippen molar-refractivity contribution in [3.63, 3.8) is 0 Å². The summed E-state index contributed by atoms with van der Waals surface area (Å²) in [4.78, 5) is 23.6. The molecule has 0 saturated heterocycles. The van der Waals surface area contributed by atoms with Crippen molar-refractivity contribution >= 4 is 22.7 Å².